The molecule has 2 heterocycles. The van der Waals surface area contributed by atoms with E-state index in [1.807, 2.05) is 31.2 Å². The first kappa shape index (κ1) is 19.6. The van der Waals surface area contributed by atoms with Crippen LogP contribution in [0.3, 0.4) is 0 Å². The highest BCUT2D eigenvalue weighted by Crippen LogP contribution is 2.29. The fourth-order valence-corrected chi connectivity index (χ4v) is 4.39. The lowest BCUT2D eigenvalue weighted by molar-refractivity contribution is 0.0999. The van der Waals surface area contributed by atoms with Crippen LogP contribution in [0.4, 0.5) is 5.69 Å². The van der Waals surface area contributed by atoms with Crippen molar-refractivity contribution in [1.29, 1.82) is 0 Å². The normalized spacial score (nSPS) is 13.8. The van der Waals surface area contributed by atoms with E-state index < -0.39 is 0 Å². The Morgan fingerprint density at radius 1 is 1.07 bits per heavy atom. The molecule has 5 heteroatoms. The zero-order chi connectivity index (χ0) is 20.4. The maximum absolute atomic E-state index is 12.0. The molecule has 1 aromatic heterocycles. The number of halogens is 1. The summed E-state index contributed by atoms with van der Waals surface area (Å²) in [5, 5.41) is 0.738. The molecule has 0 bridgehead atoms. The number of aryl methyl sites for hydroxylation is 1. The van der Waals surface area contributed by atoms with Crippen LogP contribution in [0.15, 0.2) is 54.6 Å². The van der Waals surface area contributed by atoms with Crippen LogP contribution >= 0.6 is 11.6 Å². The number of benzene rings is 2. The molecule has 29 heavy (non-hydrogen) atoms. The molecule has 0 unspecified atom stereocenters. The van der Waals surface area contributed by atoms with Crippen LogP contribution < -0.4 is 10.6 Å². The van der Waals surface area contributed by atoms with E-state index in [-0.39, 0.29) is 5.91 Å². The minimum atomic E-state index is -0.390. The van der Waals surface area contributed by atoms with Gasteiger partial charge in [0.2, 0.25) is 0 Å². The third kappa shape index (κ3) is 4.18. The van der Waals surface area contributed by atoms with Crippen molar-refractivity contribution < 1.29 is 4.79 Å². The molecule has 0 aliphatic carbocycles. The molecule has 0 radical (unpaired) electrons. The Hall–Kier alpha value is -2.72. The first-order valence-electron chi connectivity index (χ1n) is 10.1. The minimum absolute atomic E-state index is 0.390. The van der Waals surface area contributed by atoms with Crippen molar-refractivity contribution >= 4 is 23.2 Å². The summed E-state index contributed by atoms with van der Waals surface area (Å²) in [5.41, 5.74) is 11.7. The van der Waals surface area contributed by atoms with E-state index in [0.29, 0.717) is 5.56 Å². The average Bonchev–Trinajstić information content (AvgIpc) is 3.35. The van der Waals surface area contributed by atoms with Crippen molar-refractivity contribution in [1.82, 2.24) is 4.57 Å². The second kappa shape index (κ2) is 8.34. The molecular formula is C24H26ClN3O. The van der Waals surface area contributed by atoms with Crippen LogP contribution in [-0.2, 0) is 13.0 Å². The van der Waals surface area contributed by atoms with Gasteiger partial charge in [0.15, 0.2) is 0 Å². The van der Waals surface area contributed by atoms with E-state index in [1.54, 1.807) is 0 Å². The number of carbonyl (C=O) groups excluding carboxylic acids is 1. The summed E-state index contributed by atoms with van der Waals surface area (Å²) in [6, 6.07) is 18.5. The highest BCUT2D eigenvalue weighted by molar-refractivity contribution is 6.30. The number of primary amides is 1. The van der Waals surface area contributed by atoms with E-state index >= 15 is 0 Å². The second-order valence-electron chi connectivity index (χ2n) is 7.67. The van der Waals surface area contributed by atoms with Crippen LogP contribution in [-0.4, -0.2) is 23.6 Å². The average molecular weight is 408 g/mol. The molecule has 1 fully saturated rings. The number of nitrogens with zero attached hydrogens (tertiary/aromatic N) is 2. The lowest BCUT2D eigenvalue weighted by atomic mass is 10.1. The number of carbonyl (C=O) groups is 1. The van der Waals surface area contributed by atoms with Crippen LogP contribution in [0.5, 0.6) is 0 Å². The molecule has 1 amide bonds. The number of hydrogen-bond donors (Lipinski definition) is 1. The van der Waals surface area contributed by atoms with Crippen molar-refractivity contribution in [2.45, 2.75) is 32.7 Å². The van der Waals surface area contributed by atoms with Gasteiger partial charge in [-0.15, -0.1) is 0 Å². The van der Waals surface area contributed by atoms with Gasteiger partial charge in [-0.05, 0) is 67.6 Å². The highest BCUT2D eigenvalue weighted by atomic mass is 35.5. The van der Waals surface area contributed by atoms with Gasteiger partial charge in [0, 0.05) is 41.7 Å². The lowest BCUT2D eigenvalue weighted by Gasteiger charge is -2.18. The van der Waals surface area contributed by atoms with Gasteiger partial charge < -0.3 is 15.2 Å². The molecule has 0 atom stereocenters. The lowest BCUT2D eigenvalue weighted by Crippen LogP contribution is -2.17. The van der Waals surface area contributed by atoms with E-state index in [2.05, 4.69) is 39.8 Å². The van der Waals surface area contributed by atoms with Crippen molar-refractivity contribution in [2.24, 2.45) is 5.73 Å². The van der Waals surface area contributed by atoms with Gasteiger partial charge in [-0.1, -0.05) is 35.9 Å². The fraction of sp³-hybridized carbons (Fsp3) is 0.292. The minimum Gasteiger partial charge on any atom is -0.372 e. The molecule has 2 N–H and O–H groups in total. The maximum Gasteiger partial charge on any atom is 0.250 e. The monoisotopic (exact) mass is 407 g/mol. The summed E-state index contributed by atoms with van der Waals surface area (Å²) in [6.45, 7) is 4.96. The summed E-state index contributed by atoms with van der Waals surface area (Å²) >= 11 is 6.13. The number of nitrogens with two attached hydrogens (primary N) is 1. The van der Waals surface area contributed by atoms with Gasteiger partial charge in [0.25, 0.3) is 5.91 Å². The van der Waals surface area contributed by atoms with Crippen molar-refractivity contribution in [2.75, 3.05) is 18.0 Å². The van der Waals surface area contributed by atoms with Crippen LogP contribution in [0.25, 0.3) is 11.3 Å². The number of anilines is 1. The van der Waals surface area contributed by atoms with Crippen LogP contribution in [0.2, 0.25) is 5.02 Å². The summed E-state index contributed by atoms with van der Waals surface area (Å²) < 4.78 is 2.19. The zero-order valence-corrected chi connectivity index (χ0v) is 17.5. The van der Waals surface area contributed by atoms with Crippen molar-refractivity contribution in [3.8, 4) is 11.3 Å². The Morgan fingerprint density at radius 2 is 1.79 bits per heavy atom. The summed E-state index contributed by atoms with van der Waals surface area (Å²) in [5.74, 6) is -0.390. The Morgan fingerprint density at radius 3 is 2.45 bits per heavy atom. The number of amides is 1. The van der Waals surface area contributed by atoms with Crippen molar-refractivity contribution in [3.05, 3.63) is 76.4 Å². The first-order chi connectivity index (χ1) is 14.0. The molecule has 1 aliphatic heterocycles. The molecular weight excluding hydrogens is 382 g/mol. The van der Waals surface area contributed by atoms with E-state index in [9.17, 15) is 4.79 Å². The molecule has 0 spiro atoms. The van der Waals surface area contributed by atoms with E-state index in [0.717, 1.165) is 48.0 Å². The number of hydrogen-bond acceptors (Lipinski definition) is 2. The summed E-state index contributed by atoms with van der Waals surface area (Å²) in [4.78, 5) is 14.4. The first-order valence-corrected chi connectivity index (χ1v) is 10.5. The number of aromatic nitrogens is 1. The molecule has 150 valence electrons. The standard InChI is InChI=1S/C24H26ClN3O/c1-17-22(24(26)29)16-23(28(17)14-11-18-5-4-6-20(25)15-18)19-7-9-21(10-8-19)27-12-2-3-13-27/h4-10,15-16H,2-3,11-14H2,1H3,(H2,26,29). The third-order valence-corrected chi connectivity index (χ3v) is 6.01. The predicted octanol–water partition coefficient (Wildman–Crippen LogP) is 5.06. The third-order valence-electron chi connectivity index (χ3n) is 5.78. The molecule has 1 aliphatic rings. The van der Waals surface area contributed by atoms with Crippen molar-refractivity contribution in [3.63, 3.8) is 0 Å². The molecule has 1 saturated heterocycles. The molecule has 4 rings (SSSR count). The smallest absolute Gasteiger partial charge is 0.250 e. The van der Waals surface area contributed by atoms with Gasteiger partial charge >= 0.3 is 0 Å². The Labute approximate surface area is 176 Å². The second-order valence-corrected chi connectivity index (χ2v) is 8.10. The Bertz CT molecular complexity index is 1020. The zero-order valence-electron chi connectivity index (χ0n) is 16.7. The van der Waals surface area contributed by atoms with Crippen LogP contribution in [0, 0.1) is 6.92 Å². The van der Waals surface area contributed by atoms with Gasteiger partial charge in [0.05, 0.1) is 5.56 Å². The summed E-state index contributed by atoms with van der Waals surface area (Å²) in [7, 11) is 0. The summed E-state index contributed by atoms with van der Waals surface area (Å²) in [6.07, 6.45) is 3.34. The molecule has 4 nitrogen and oxygen atoms in total. The predicted molar refractivity (Wildman–Crippen MR) is 120 cm³/mol. The molecule has 2 aromatic carbocycles. The molecule has 3 aromatic rings. The Balaban J connectivity index is 1.64. The largest absolute Gasteiger partial charge is 0.372 e. The van der Waals surface area contributed by atoms with Gasteiger partial charge in [0.1, 0.15) is 0 Å². The fourth-order valence-electron chi connectivity index (χ4n) is 4.17. The molecule has 0 saturated carbocycles. The van der Waals surface area contributed by atoms with E-state index in [1.165, 1.54) is 24.1 Å². The maximum atomic E-state index is 12.0. The van der Waals surface area contributed by atoms with Gasteiger partial charge in [-0.3, -0.25) is 4.79 Å². The highest BCUT2D eigenvalue weighted by Gasteiger charge is 2.18. The SMILES string of the molecule is Cc1c(C(N)=O)cc(-c2ccc(N3CCCC3)cc2)n1CCc1cccc(Cl)c1. The van der Waals surface area contributed by atoms with Gasteiger partial charge in [-0.25, -0.2) is 0 Å². The van der Waals surface area contributed by atoms with Crippen LogP contribution in [0.1, 0.15) is 34.5 Å². The van der Waals surface area contributed by atoms with Gasteiger partial charge in [-0.2, -0.15) is 0 Å². The van der Waals surface area contributed by atoms with E-state index in [4.69, 9.17) is 17.3 Å². The number of rotatable bonds is 6. The topological polar surface area (TPSA) is 51.3 Å². The Kier molecular flexibility index (Phi) is 5.63. The quantitative estimate of drug-likeness (QED) is 0.621.